The molecule has 1 aromatic heterocycles. The highest BCUT2D eigenvalue weighted by atomic mass is 16.5. The number of nitrogens with zero attached hydrogens (tertiary/aromatic N) is 4. The lowest BCUT2D eigenvalue weighted by molar-refractivity contribution is -0.134. The summed E-state index contributed by atoms with van der Waals surface area (Å²) in [6.45, 7) is 1.73. The molecule has 0 radical (unpaired) electrons. The smallest absolute Gasteiger partial charge is 0.272 e. The summed E-state index contributed by atoms with van der Waals surface area (Å²) in [4.78, 5) is 36.4. The fourth-order valence-electron chi connectivity index (χ4n) is 3.11. The molecule has 2 aromatic rings. The lowest BCUT2D eigenvalue weighted by atomic mass is 10.2. The zero-order chi connectivity index (χ0) is 19.9. The number of methoxy groups -OCH3 is 1. The van der Waals surface area contributed by atoms with Crippen molar-refractivity contribution in [2.45, 2.75) is 6.04 Å². The summed E-state index contributed by atoms with van der Waals surface area (Å²) in [5, 5.41) is 12.1. The number of carbonyl (C=O) groups is 2. The summed E-state index contributed by atoms with van der Waals surface area (Å²) in [5.41, 5.74) is 1.07. The number of aromatic nitrogens is 2. The molecule has 1 aromatic carbocycles. The fourth-order valence-corrected chi connectivity index (χ4v) is 3.11. The third kappa shape index (κ3) is 4.37. The number of benzene rings is 1. The van der Waals surface area contributed by atoms with E-state index in [9.17, 15) is 14.7 Å². The molecule has 1 aliphatic rings. The van der Waals surface area contributed by atoms with Gasteiger partial charge in [0, 0.05) is 38.6 Å². The molecule has 0 aliphatic carbocycles. The topological polar surface area (TPSA) is 108 Å². The van der Waals surface area contributed by atoms with E-state index in [1.807, 2.05) is 24.3 Å². The number of nitrogens with one attached hydrogen (secondary N) is 1. The zero-order valence-corrected chi connectivity index (χ0v) is 15.6. The number of aliphatic hydroxyl groups is 1. The average Bonchev–Trinajstić information content (AvgIpc) is 2.77. The number of piperazine rings is 1. The third-order valence-electron chi connectivity index (χ3n) is 4.60. The van der Waals surface area contributed by atoms with Crippen molar-refractivity contribution in [2.24, 2.45) is 0 Å². The van der Waals surface area contributed by atoms with Crippen LogP contribution < -0.4 is 15.0 Å². The van der Waals surface area contributed by atoms with E-state index in [1.165, 1.54) is 18.6 Å². The zero-order valence-electron chi connectivity index (χ0n) is 15.6. The van der Waals surface area contributed by atoms with E-state index in [1.54, 1.807) is 12.0 Å². The van der Waals surface area contributed by atoms with Crippen LogP contribution in [0.1, 0.15) is 10.5 Å². The molecule has 2 heterocycles. The van der Waals surface area contributed by atoms with Crippen LogP contribution in [0.2, 0.25) is 0 Å². The molecule has 9 heteroatoms. The van der Waals surface area contributed by atoms with E-state index in [4.69, 9.17) is 4.74 Å². The second-order valence-corrected chi connectivity index (χ2v) is 6.28. The Labute approximate surface area is 163 Å². The molecule has 0 saturated carbocycles. The predicted molar refractivity (Wildman–Crippen MR) is 102 cm³/mol. The maximum absolute atomic E-state index is 12.7. The van der Waals surface area contributed by atoms with E-state index < -0.39 is 18.6 Å². The van der Waals surface area contributed by atoms with Crippen molar-refractivity contribution in [1.29, 1.82) is 0 Å². The van der Waals surface area contributed by atoms with Gasteiger partial charge in [-0.3, -0.25) is 14.6 Å². The first-order valence-corrected chi connectivity index (χ1v) is 8.98. The van der Waals surface area contributed by atoms with Crippen molar-refractivity contribution >= 4 is 17.5 Å². The molecule has 28 heavy (non-hydrogen) atoms. The van der Waals surface area contributed by atoms with E-state index in [0.29, 0.717) is 26.2 Å². The quantitative estimate of drug-likeness (QED) is 0.716. The van der Waals surface area contributed by atoms with Gasteiger partial charge in [0.05, 0.1) is 25.6 Å². The van der Waals surface area contributed by atoms with Gasteiger partial charge < -0.3 is 25.0 Å². The molecule has 1 saturated heterocycles. The first-order valence-electron chi connectivity index (χ1n) is 8.98. The normalized spacial score (nSPS) is 15.1. The summed E-state index contributed by atoms with van der Waals surface area (Å²) in [5.74, 6) is -0.0840. The minimum absolute atomic E-state index is 0.0924. The molecule has 1 atom stereocenters. The standard InChI is InChI=1S/C19H23N5O4/c1-28-17-5-3-2-4-16(17)23-8-10-24(11-9-23)19(27)15(13-25)22-18(26)14-12-20-6-7-21-14/h2-7,12,15,25H,8-11,13H2,1H3,(H,22,26). The van der Waals surface area contributed by atoms with Crippen LogP contribution in [-0.4, -0.2) is 77.7 Å². The largest absolute Gasteiger partial charge is 0.495 e. The van der Waals surface area contributed by atoms with Gasteiger partial charge in [0.25, 0.3) is 5.91 Å². The van der Waals surface area contributed by atoms with E-state index >= 15 is 0 Å². The lowest BCUT2D eigenvalue weighted by Crippen LogP contribution is -2.56. The number of para-hydroxylation sites is 2. The molecular weight excluding hydrogens is 362 g/mol. The van der Waals surface area contributed by atoms with Gasteiger partial charge >= 0.3 is 0 Å². The van der Waals surface area contributed by atoms with Crippen LogP contribution in [0, 0.1) is 0 Å². The lowest BCUT2D eigenvalue weighted by Gasteiger charge is -2.37. The van der Waals surface area contributed by atoms with Crippen molar-refractivity contribution in [3.05, 3.63) is 48.5 Å². The van der Waals surface area contributed by atoms with Crippen LogP contribution in [0.25, 0.3) is 0 Å². The molecule has 1 aliphatic heterocycles. The molecule has 9 nitrogen and oxygen atoms in total. The van der Waals surface area contributed by atoms with E-state index in [2.05, 4.69) is 20.2 Å². The Hall–Kier alpha value is -3.20. The van der Waals surface area contributed by atoms with Crippen LogP contribution in [0.3, 0.4) is 0 Å². The van der Waals surface area contributed by atoms with Crippen LogP contribution in [0.5, 0.6) is 5.75 Å². The first kappa shape index (κ1) is 19.6. The van der Waals surface area contributed by atoms with Crippen LogP contribution in [0.15, 0.2) is 42.9 Å². The van der Waals surface area contributed by atoms with E-state index in [0.717, 1.165) is 11.4 Å². The van der Waals surface area contributed by atoms with Gasteiger partial charge in [0.1, 0.15) is 17.5 Å². The van der Waals surface area contributed by atoms with Gasteiger partial charge in [-0.1, -0.05) is 12.1 Å². The first-order chi connectivity index (χ1) is 13.6. The molecule has 0 bridgehead atoms. The van der Waals surface area contributed by atoms with Crippen molar-refractivity contribution < 1.29 is 19.4 Å². The van der Waals surface area contributed by atoms with Gasteiger partial charge in [-0.2, -0.15) is 0 Å². The molecule has 148 valence electrons. The van der Waals surface area contributed by atoms with Gasteiger partial charge in [-0.15, -0.1) is 0 Å². The number of carbonyl (C=O) groups excluding carboxylic acids is 2. The van der Waals surface area contributed by atoms with E-state index in [-0.39, 0.29) is 11.6 Å². The second kappa shape index (κ2) is 9.14. The summed E-state index contributed by atoms with van der Waals surface area (Å²) < 4.78 is 5.40. The molecule has 3 rings (SSSR count). The highest BCUT2D eigenvalue weighted by molar-refractivity contribution is 5.96. The number of anilines is 1. The van der Waals surface area contributed by atoms with Crippen LogP contribution >= 0.6 is 0 Å². The molecule has 1 unspecified atom stereocenters. The van der Waals surface area contributed by atoms with Crippen molar-refractivity contribution in [3.63, 3.8) is 0 Å². The summed E-state index contributed by atoms with van der Waals surface area (Å²) >= 11 is 0. The Morgan fingerprint density at radius 1 is 1.21 bits per heavy atom. The van der Waals surface area contributed by atoms with Crippen molar-refractivity contribution in [3.8, 4) is 5.75 Å². The molecule has 0 spiro atoms. The van der Waals surface area contributed by atoms with Gasteiger partial charge in [-0.05, 0) is 12.1 Å². The van der Waals surface area contributed by atoms with Gasteiger partial charge in [-0.25, -0.2) is 4.98 Å². The highest BCUT2D eigenvalue weighted by Gasteiger charge is 2.29. The molecule has 1 fully saturated rings. The van der Waals surface area contributed by atoms with Gasteiger partial charge in [0.2, 0.25) is 5.91 Å². The number of rotatable bonds is 6. The summed E-state index contributed by atoms with van der Waals surface area (Å²) in [6.07, 6.45) is 4.15. The summed E-state index contributed by atoms with van der Waals surface area (Å²) in [7, 11) is 1.63. The number of hydrogen-bond donors (Lipinski definition) is 2. The van der Waals surface area contributed by atoms with Crippen LogP contribution in [-0.2, 0) is 4.79 Å². The highest BCUT2D eigenvalue weighted by Crippen LogP contribution is 2.28. The monoisotopic (exact) mass is 385 g/mol. The number of hydrogen-bond acceptors (Lipinski definition) is 7. The molecule has 2 amide bonds. The summed E-state index contributed by atoms with van der Waals surface area (Å²) in [6, 6.07) is 6.71. The number of aliphatic hydroxyl groups excluding tert-OH is 1. The predicted octanol–water partition coefficient (Wildman–Crippen LogP) is -0.0753. The Morgan fingerprint density at radius 3 is 2.61 bits per heavy atom. The Kier molecular flexibility index (Phi) is 6.38. The molecular formula is C19H23N5O4. The Balaban J connectivity index is 1.59. The van der Waals surface area contributed by atoms with Gasteiger partial charge in [0.15, 0.2) is 0 Å². The fraction of sp³-hybridized carbons (Fsp3) is 0.368. The number of ether oxygens (including phenoxy) is 1. The second-order valence-electron chi connectivity index (χ2n) is 6.28. The maximum atomic E-state index is 12.7. The Morgan fingerprint density at radius 2 is 1.96 bits per heavy atom. The van der Waals surface area contributed by atoms with Crippen molar-refractivity contribution in [1.82, 2.24) is 20.2 Å². The number of amides is 2. The third-order valence-corrected chi connectivity index (χ3v) is 4.60. The SMILES string of the molecule is COc1ccccc1N1CCN(C(=O)C(CO)NC(=O)c2cnccn2)CC1. The maximum Gasteiger partial charge on any atom is 0.272 e. The minimum Gasteiger partial charge on any atom is -0.495 e. The Bertz CT molecular complexity index is 809. The molecule has 2 N–H and O–H groups in total. The van der Waals surface area contributed by atoms with Crippen LogP contribution in [0.4, 0.5) is 5.69 Å². The average molecular weight is 385 g/mol. The van der Waals surface area contributed by atoms with Crippen molar-refractivity contribution in [2.75, 3.05) is 44.8 Å². The minimum atomic E-state index is -1.02.